The summed E-state index contributed by atoms with van der Waals surface area (Å²) in [5.74, 6) is -0.990. The van der Waals surface area contributed by atoms with Gasteiger partial charge in [-0.25, -0.2) is 4.79 Å². The highest BCUT2D eigenvalue weighted by atomic mass is 35.5. The van der Waals surface area contributed by atoms with Crippen LogP contribution < -0.4 is 5.32 Å². The number of carbonyl (C=O) groups excluding carboxylic acids is 2. The van der Waals surface area contributed by atoms with Crippen LogP contribution in [-0.4, -0.2) is 29.2 Å². The molecule has 27 heavy (non-hydrogen) atoms. The molecule has 2 aromatic rings. The quantitative estimate of drug-likeness (QED) is 0.788. The van der Waals surface area contributed by atoms with Gasteiger partial charge in [-0.3, -0.25) is 4.79 Å². The minimum Gasteiger partial charge on any atom is -0.452 e. The van der Waals surface area contributed by atoms with Gasteiger partial charge in [-0.1, -0.05) is 35.0 Å². The van der Waals surface area contributed by atoms with Crippen LogP contribution in [0.15, 0.2) is 28.8 Å². The zero-order valence-corrected chi connectivity index (χ0v) is 15.5. The van der Waals surface area contributed by atoms with Gasteiger partial charge in [-0.2, -0.15) is 5.26 Å². The summed E-state index contributed by atoms with van der Waals surface area (Å²) in [6, 6.07) is 9.06. The van der Waals surface area contributed by atoms with E-state index in [1.165, 1.54) is 0 Å². The summed E-state index contributed by atoms with van der Waals surface area (Å²) in [6.07, 6.45) is 2.97. The Labute approximate surface area is 161 Å². The maximum absolute atomic E-state index is 12.5. The fraction of sp³-hybridized carbons (Fsp3) is 0.368. The van der Waals surface area contributed by atoms with Gasteiger partial charge < -0.3 is 14.6 Å². The van der Waals surface area contributed by atoms with Crippen molar-refractivity contribution in [3.63, 3.8) is 0 Å². The molecule has 0 saturated heterocycles. The number of ether oxygens (including phenoxy) is 1. The fourth-order valence-corrected chi connectivity index (χ4v) is 3.42. The van der Waals surface area contributed by atoms with Gasteiger partial charge in [0.15, 0.2) is 6.61 Å². The van der Waals surface area contributed by atoms with Gasteiger partial charge in [0, 0.05) is 5.56 Å². The van der Waals surface area contributed by atoms with Gasteiger partial charge in [-0.15, -0.1) is 0 Å². The Kier molecular flexibility index (Phi) is 5.47. The number of nitrogens with one attached hydrogen (secondary N) is 1. The average molecular weight is 388 g/mol. The normalized spacial score (nSPS) is 15.1. The number of rotatable bonds is 5. The number of benzene rings is 1. The molecule has 140 valence electrons. The molecule has 3 rings (SSSR count). The van der Waals surface area contributed by atoms with E-state index in [4.69, 9.17) is 20.9 Å². The maximum Gasteiger partial charge on any atom is 0.344 e. The number of amides is 1. The molecular weight excluding hydrogens is 370 g/mol. The van der Waals surface area contributed by atoms with Crippen LogP contribution in [0.5, 0.6) is 0 Å². The van der Waals surface area contributed by atoms with Crippen molar-refractivity contribution >= 4 is 23.5 Å². The largest absolute Gasteiger partial charge is 0.452 e. The van der Waals surface area contributed by atoms with Crippen LogP contribution in [-0.2, 0) is 9.53 Å². The van der Waals surface area contributed by atoms with Crippen molar-refractivity contribution in [2.45, 2.75) is 38.1 Å². The van der Waals surface area contributed by atoms with E-state index in [-0.39, 0.29) is 17.0 Å². The summed E-state index contributed by atoms with van der Waals surface area (Å²) in [7, 11) is 0. The minimum atomic E-state index is -0.862. The van der Waals surface area contributed by atoms with Gasteiger partial charge in [0.05, 0.1) is 11.1 Å². The second kappa shape index (κ2) is 7.80. The first kappa shape index (κ1) is 18.9. The molecule has 0 aliphatic heterocycles. The Hall–Kier alpha value is -2.85. The molecule has 1 heterocycles. The highest BCUT2D eigenvalue weighted by Crippen LogP contribution is 2.31. The lowest BCUT2D eigenvalue weighted by Gasteiger charge is -2.21. The molecule has 1 N–H and O–H groups in total. The molecule has 0 atom stereocenters. The monoisotopic (exact) mass is 387 g/mol. The second-order valence-electron chi connectivity index (χ2n) is 6.47. The highest BCUT2D eigenvalue weighted by molar-refractivity contribution is 6.33. The predicted octanol–water partition coefficient (Wildman–Crippen LogP) is 3.41. The first-order valence-electron chi connectivity index (χ1n) is 8.56. The molecule has 1 aliphatic rings. The lowest BCUT2D eigenvalue weighted by Crippen LogP contribution is -2.46. The second-order valence-corrected chi connectivity index (χ2v) is 6.87. The Bertz CT molecular complexity index is 910. The van der Waals surface area contributed by atoms with Gasteiger partial charge in [-0.05, 0) is 38.7 Å². The van der Waals surface area contributed by atoms with E-state index in [2.05, 4.69) is 16.5 Å². The summed E-state index contributed by atoms with van der Waals surface area (Å²) < 4.78 is 10.2. The van der Waals surface area contributed by atoms with Crippen molar-refractivity contribution in [2.24, 2.45) is 0 Å². The molecular formula is C19H18ClN3O4. The predicted molar refractivity (Wildman–Crippen MR) is 96.9 cm³/mol. The molecule has 7 nitrogen and oxygen atoms in total. The molecule has 1 saturated carbocycles. The number of nitrogens with zero attached hydrogens (tertiary/aromatic N) is 2. The minimum absolute atomic E-state index is 0.117. The molecule has 1 fully saturated rings. The third kappa shape index (κ3) is 3.96. The van der Waals surface area contributed by atoms with Crippen molar-refractivity contribution in [1.82, 2.24) is 10.5 Å². The summed E-state index contributed by atoms with van der Waals surface area (Å²) in [6.45, 7) is 1.09. The van der Waals surface area contributed by atoms with Crippen LogP contribution in [0.4, 0.5) is 0 Å². The SMILES string of the molecule is Cc1onc(-c2ccccc2Cl)c1C(=O)OCC(=O)NC1(C#N)CCCC1. The van der Waals surface area contributed by atoms with E-state index in [0.29, 0.717) is 23.4 Å². The summed E-state index contributed by atoms with van der Waals surface area (Å²) in [5, 5.41) is 16.3. The number of aromatic nitrogens is 1. The summed E-state index contributed by atoms with van der Waals surface area (Å²) in [4.78, 5) is 24.6. The van der Waals surface area contributed by atoms with Gasteiger partial charge in [0.2, 0.25) is 0 Å². The third-order valence-electron chi connectivity index (χ3n) is 4.58. The van der Waals surface area contributed by atoms with Crippen LogP contribution in [0.3, 0.4) is 0 Å². The van der Waals surface area contributed by atoms with Crippen molar-refractivity contribution in [3.05, 3.63) is 40.6 Å². The topological polar surface area (TPSA) is 105 Å². The lowest BCUT2D eigenvalue weighted by atomic mass is 10.00. The zero-order valence-electron chi connectivity index (χ0n) is 14.8. The number of halogens is 1. The van der Waals surface area contributed by atoms with Crippen molar-refractivity contribution in [2.75, 3.05) is 6.61 Å². The molecule has 0 spiro atoms. The van der Waals surface area contributed by atoms with E-state index < -0.39 is 24.0 Å². The van der Waals surface area contributed by atoms with Crippen molar-refractivity contribution in [3.8, 4) is 17.3 Å². The van der Waals surface area contributed by atoms with Crippen LogP contribution >= 0.6 is 11.6 Å². The van der Waals surface area contributed by atoms with E-state index in [1.54, 1.807) is 31.2 Å². The Morgan fingerprint density at radius 3 is 2.74 bits per heavy atom. The molecule has 0 bridgehead atoms. The van der Waals surface area contributed by atoms with E-state index >= 15 is 0 Å². The third-order valence-corrected chi connectivity index (χ3v) is 4.91. The molecule has 1 aliphatic carbocycles. The Morgan fingerprint density at radius 2 is 2.07 bits per heavy atom. The van der Waals surface area contributed by atoms with Gasteiger partial charge >= 0.3 is 5.97 Å². The van der Waals surface area contributed by atoms with Crippen LogP contribution in [0.25, 0.3) is 11.3 Å². The smallest absolute Gasteiger partial charge is 0.344 e. The van der Waals surface area contributed by atoms with Crippen LogP contribution in [0.2, 0.25) is 5.02 Å². The van der Waals surface area contributed by atoms with Gasteiger partial charge in [0.25, 0.3) is 5.91 Å². The maximum atomic E-state index is 12.5. The van der Waals surface area contributed by atoms with Gasteiger partial charge in [0.1, 0.15) is 22.6 Å². The summed E-state index contributed by atoms with van der Waals surface area (Å²) in [5.41, 5.74) is 0.0423. The number of nitriles is 1. The summed E-state index contributed by atoms with van der Waals surface area (Å²) >= 11 is 6.17. The van der Waals surface area contributed by atoms with E-state index in [9.17, 15) is 14.9 Å². The van der Waals surface area contributed by atoms with E-state index in [1.807, 2.05) is 0 Å². The van der Waals surface area contributed by atoms with Crippen LogP contribution in [0, 0.1) is 18.3 Å². The first-order valence-corrected chi connectivity index (χ1v) is 8.94. The lowest BCUT2D eigenvalue weighted by molar-refractivity contribution is -0.125. The van der Waals surface area contributed by atoms with Crippen molar-refractivity contribution < 1.29 is 18.8 Å². The Morgan fingerprint density at radius 1 is 1.37 bits per heavy atom. The molecule has 1 aromatic heterocycles. The zero-order chi connectivity index (χ0) is 19.4. The number of hydrogen-bond acceptors (Lipinski definition) is 6. The van der Waals surface area contributed by atoms with Crippen molar-refractivity contribution in [1.29, 1.82) is 5.26 Å². The molecule has 1 aromatic carbocycles. The van der Waals surface area contributed by atoms with E-state index in [0.717, 1.165) is 12.8 Å². The fourth-order valence-electron chi connectivity index (χ4n) is 3.20. The molecule has 8 heteroatoms. The van der Waals surface area contributed by atoms with Crippen LogP contribution in [0.1, 0.15) is 41.8 Å². The number of aryl methyl sites for hydroxylation is 1. The average Bonchev–Trinajstić information content (AvgIpc) is 3.27. The number of esters is 1. The molecule has 0 unspecified atom stereocenters. The number of hydrogen-bond donors (Lipinski definition) is 1. The highest BCUT2D eigenvalue weighted by Gasteiger charge is 2.35. The standard InChI is InChI=1S/C19H18ClN3O4/c1-12-16(17(23-27-12)13-6-2-3-7-14(13)20)18(25)26-10-15(24)22-19(11-21)8-4-5-9-19/h2-3,6-7H,4-5,8-10H2,1H3,(H,22,24). The molecule has 0 radical (unpaired) electrons. The molecule has 1 amide bonds. The Balaban J connectivity index is 1.71. The number of carbonyl (C=O) groups is 2. The first-order chi connectivity index (χ1) is 13.0.